The second kappa shape index (κ2) is 6.31. The standard InChI is InChI=1S/C13H21NO3S/c1-10(2)12-4-6-13(7-5-12)18(16,17)14-8-11(3)9-15/h4-7,10-11,14-15H,8-9H2,1-3H3. The Labute approximate surface area is 109 Å². The number of benzene rings is 1. The first-order valence-corrected chi connectivity index (χ1v) is 7.55. The molecule has 5 heteroatoms. The number of hydrogen-bond acceptors (Lipinski definition) is 3. The minimum atomic E-state index is -3.47. The highest BCUT2D eigenvalue weighted by molar-refractivity contribution is 7.89. The van der Waals surface area contributed by atoms with Crippen molar-refractivity contribution in [3.05, 3.63) is 29.8 Å². The molecule has 0 aliphatic heterocycles. The molecule has 0 bridgehead atoms. The largest absolute Gasteiger partial charge is 0.396 e. The molecule has 0 amide bonds. The van der Waals surface area contributed by atoms with Crippen LogP contribution in [0.4, 0.5) is 0 Å². The van der Waals surface area contributed by atoms with Gasteiger partial charge in [0, 0.05) is 13.2 Å². The predicted octanol–water partition coefficient (Wildman–Crippen LogP) is 1.72. The van der Waals surface area contributed by atoms with Gasteiger partial charge in [0.2, 0.25) is 10.0 Å². The number of hydrogen-bond donors (Lipinski definition) is 2. The summed E-state index contributed by atoms with van der Waals surface area (Å²) in [6.45, 7) is 6.11. The second-order valence-electron chi connectivity index (χ2n) is 4.86. The molecular formula is C13H21NO3S. The molecule has 1 aromatic carbocycles. The Morgan fingerprint density at radius 2 is 1.72 bits per heavy atom. The van der Waals surface area contributed by atoms with Crippen molar-refractivity contribution < 1.29 is 13.5 Å². The van der Waals surface area contributed by atoms with Crippen LogP contribution in [0.5, 0.6) is 0 Å². The van der Waals surface area contributed by atoms with E-state index >= 15 is 0 Å². The maximum atomic E-state index is 11.9. The molecule has 0 saturated carbocycles. The summed E-state index contributed by atoms with van der Waals surface area (Å²) in [4.78, 5) is 0.261. The van der Waals surface area contributed by atoms with Crippen molar-refractivity contribution in [2.45, 2.75) is 31.6 Å². The van der Waals surface area contributed by atoms with Crippen LogP contribution in [-0.2, 0) is 10.0 Å². The van der Waals surface area contributed by atoms with Gasteiger partial charge in [0.25, 0.3) is 0 Å². The molecule has 0 saturated heterocycles. The van der Waals surface area contributed by atoms with Crippen molar-refractivity contribution in [2.24, 2.45) is 5.92 Å². The first-order valence-electron chi connectivity index (χ1n) is 6.07. The van der Waals surface area contributed by atoms with E-state index in [4.69, 9.17) is 5.11 Å². The third-order valence-electron chi connectivity index (χ3n) is 2.79. The summed E-state index contributed by atoms with van der Waals surface area (Å²) < 4.78 is 26.4. The monoisotopic (exact) mass is 271 g/mol. The molecule has 0 radical (unpaired) electrons. The fourth-order valence-corrected chi connectivity index (χ4v) is 2.60. The lowest BCUT2D eigenvalue weighted by atomic mass is 10.0. The maximum absolute atomic E-state index is 11.9. The fourth-order valence-electron chi connectivity index (χ4n) is 1.43. The first kappa shape index (κ1) is 15.1. The third-order valence-corrected chi connectivity index (χ3v) is 4.23. The Kier molecular flexibility index (Phi) is 5.31. The van der Waals surface area contributed by atoms with E-state index in [0.717, 1.165) is 5.56 Å². The summed E-state index contributed by atoms with van der Waals surface area (Å²) in [7, 11) is -3.47. The molecule has 0 fully saturated rings. The van der Waals surface area contributed by atoms with Gasteiger partial charge in [0.05, 0.1) is 4.90 Å². The molecule has 2 N–H and O–H groups in total. The van der Waals surface area contributed by atoms with E-state index in [1.165, 1.54) is 0 Å². The van der Waals surface area contributed by atoms with E-state index in [-0.39, 0.29) is 24.0 Å². The highest BCUT2D eigenvalue weighted by atomic mass is 32.2. The Morgan fingerprint density at radius 1 is 1.17 bits per heavy atom. The number of nitrogens with one attached hydrogen (secondary N) is 1. The van der Waals surface area contributed by atoms with E-state index in [9.17, 15) is 8.42 Å². The predicted molar refractivity (Wildman–Crippen MR) is 72.0 cm³/mol. The van der Waals surface area contributed by atoms with Gasteiger partial charge in [-0.05, 0) is 29.5 Å². The summed E-state index contributed by atoms with van der Waals surface area (Å²) in [5, 5.41) is 8.86. The van der Waals surface area contributed by atoms with Gasteiger partial charge in [-0.25, -0.2) is 13.1 Å². The van der Waals surface area contributed by atoms with E-state index in [1.54, 1.807) is 19.1 Å². The average Bonchev–Trinajstić information content (AvgIpc) is 2.36. The number of aliphatic hydroxyl groups is 1. The molecule has 1 rings (SSSR count). The molecule has 102 valence electrons. The molecule has 0 heterocycles. The van der Waals surface area contributed by atoms with Gasteiger partial charge < -0.3 is 5.11 Å². The molecular weight excluding hydrogens is 250 g/mol. The highest BCUT2D eigenvalue weighted by Gasteiger charge is 2.14. The van der Waals surface area contributed by atoms with Gasteiger partial charge in [0.15, 0.2) is 0 Å². The molecule has 18 heavy (non-hydrogen) atoms. The number of rotatable bonds is 6. The van der Waals surface area contributed by atoms with Crippen molar-refractivity contribution in [1.29, 1.82) is 0 Å². The van der Waals surface area contributed by atoms with Crippen molar-refractivity contribution in [2.75, 3.05) is 13.2 Å². The zero-order chi connectivity index (χ0) is 13.8. The summed E-state index contributed by atoms with van der Waals surface area (Å²) in [5.41, 5.74) is 1.11. The van der Waals surface area contributed by atoms with Crippen molar-refractivity contribution >= 4 is 10.0 Å². The van der Waals surface area contributed by atoms with E-state index in [0.29, 0.717) is 5.92 Å². The fraction of sp³-hybridized carbons (Fsp3) is 0.538. The summed E-state index contributed by atoms with van der Waals surface area (Å²) >= 11 is 0. The number of aliphatic hydroxyl groups excluding tert-OH is 1. The summed E-state index contributed by atoms with van der Waals surface area (Å²) in [5.74, 6) is 0.291. The Hall–Kier alpha value is -0.910. The normalized spacial score (nSPS) is 13.8. The molecule has 0 aliphatic carbocycles. The first-order chi connectivity index (χ1) is 8.36. The Bertz CT molecular complexity index is 466. The molecule has 4 nitrogen and oxygen atoms in total. The Morgan fingerprint density at radius 3 is 2.17 bits per heavy atom. The zero-order valence-electron chi connectivity index (χ0n) is 11.1. The van der Waals surface area contributed by atoms with Crippen LogP contribution in [0.15, 0.2) is 29.2 Å². The second-order valence-corrected chi connectivity index (χ2v) is 6.63. The molecule has 1 atom stereocenters. The summed E-state index contributed by atoms with van der Waals surface area (Å²) in [6.07, 6.45) is 0. The Balaban J connectivity index is 2.79. The van der Waals surface area contributed by atoms with E-state index in [2.05, 4.69) is 18.6 Å². The van der Waals surface area contributed by atoms with Gasteiger partial charge in [0.1, 0.15) is 0 Å². The van der Waals surface area contributed by atoms with Crippen LogP contribution in [0.1, 0.15) is 32.3 Å². The van der Waals surface area contributed by atoms with Gasteiger partial charge in [-0.15, -0.1) is 0 Å². The van der Waals surface area contributed by atoms with Gasteiger partial charge in [-0.1, -0.05) is 32.9 Å². The van der Waals surface area contributed by atoms with Crippen LogP contribution in [0.2, 0.25) is 0 Å². The van der Waals surface area contributed by atoms with Crippen molar-refractivity contribution in [3.8, 4) is 0 Å². The lowest BCUT2D eigenvalue weighted by Crippen LogP contribution is -2.29. The quantitative estimate of drug-likeness (QED) is 0.828. The molecule has 1 unspecified atom stereocenters. The average molecular weight is 271 g/mol. The lowest BCUT2D eigenvalue weighted by molar-refractivity contribution is 0.238. The molecule has 1 aromatic rings. The molecule has 0 aliphatic rings. The topological polar surface area (TPSA) is 66.4 Å². The van der Waals surface area contributed by atoms with Crippen LogP contribution < -0.4 is 4.72 Å². The minimum Gasteiger partial charge on any atom is -0.396 e. The SMILES string of the molecule is CC(CO)CNS(=O)(=O)c1ccc(C(C)C)cc1. The third kappa shape index (κ3) is 4.08. The molecule has 0 spiro atoms. The highest BCUT2D eigenvalue weighted by Crippen LogP contribution is 2.17. The summed E-state index contributed by atoms with van der Waals surface area (Å²) in [6, 6.07) is 6.88. The van der Waals surface area contributed by atoms with Crippen LogP contribution in [0.25, 0.3) is 0 Å². The number of sulfonamides is 1. The van der Waals surface area contributed by atoms with Crippen LogP contribution in [-0.4, -0.2) is 26.7 Å². The van der Waals surface area contributed by atoms with E-state index in [1.807, 2.05) is 12.1 Å². The van der Waals surface area contributed by atoms with Crippen molar-refractivity contribution in [1.82, 2.24) is 4.72 Å². The molecule has 0 aromatic heterocycles. The lowest BCUT2D eigenvalue weighted by Gasteiger charge is -2.11. The maximum Gasteiger partial charge on any atom is 0.240 e. The van der Waals surface area contributed by atoms with Crippen LogP contribution >= 0.6 is 0 Å². The zero-order valence-corrected chi connectivity index (χ0v) is 11.9. The van der Waals surface area contributed by atoms with Crippen molar-refractivity contribution in [3.63, 3.8) is 0 Å². The van der Waals surface area contributed by atoms with Crippen LogP contribution in [0, 0.1) is 5.92 Å². The van der Waals surface area contributed by atoms with Gasteiger partial charge in [-0.2, -0.15) is 0 Å². The van der Waals surface area contributed by atoms with Gasteiger partial charge >= 0.3 is 0 Å². The van der Waals surface area contributed by atoms with Gasteiger partial charge in [-0.3, -0.25) is 0 Å². The minimum absolute atomic E-state index is 0.0329. The van der Waals surface area contributed by atoms with E-state index < -0.39 is 10.0 Å². The van der Waals surface area contributed by atoms with Crippen LogP contribution in [0.3, 0.4) is 0 Å². The smallest absolute Gasteiger partial charge is 0.240 e.